The predicted octanol–water partition coefficient (Wildman–Crippen LogP) is 8.58. The number of phenolic OH excluding ortho intramolecular Hbond substituents is 1. The number of nitrogens with one attached hydrogen (secondary N) is 2. The van der Waals surface area contributed by atoms with Crippen LogP contribution in [-0.4, -0.2) is 75.1 Å². The number of rotatable bonds is 14. The highest BCUT2D eigenvalue weighted by Gasteiger charge is 2.39. The van der Waals surface area contributed by atoms with E-state index in [1.807, 2.05) is 0 Å². The zero-order valence-electron chi connectivity index (χ0n) is 35.3. The second-order valence-corrected chi connectivity index (χ2v) is 21.7. The molecule has 2 atom stereocenters. The van der Waals surface area contributed by atoms with E-state index in [1.165, 1.54) is 14.2 Å². The van der Waals surface area contributed by atoms with E-state index >= 15 is 0 Å². The van der Waals surface area contributed by atoms with E-state index in [0.717, 1.165) is 0 Å². The van der Waals surface area contributed by atoms with Crippen LogP contribution in [0.1, 0.15) is 73.4 Å². The van der Waals surface area contributed by atoms with Gasteiger partial charge in [0.2, 0.25) is 14.1 Å². The second-order valence-electron chi connectivity index (χ2n) is 17.0. The summed E-state index contributed by atoms with van der Waals surface area (Å²) in [5.74, 6) is -0.254. The van der Waals surface area contributed by atoms with E-state index in [1.54, 1.807) is 102 Å². The maximum atomic E-state index is 12.5. The Bertz CT molecular complexity index is 1740. The SMILES string of the molecule is COC(=O)[C@H](Cc1ccc(Oc2cc(O[Si](C)(C)C(C)(C)C)cc(Oc3ccc(C[C@H](NC(=O)OC(C)(C)C)C(=O)OC)cc3)c2O)cc1)NC(=O)OC(C)(C)C. The number of ether oxygens (including phenoxy) is 6. The first-order chi connectivity index (χ1) is 26.3. The van der Waals surface area contributed by atoms with Crippen LogP contribution in [0.15, 0.2) is 60.7 Å². The van der Waals surface area contributed by atoms with Gasteiger partial charge in [-0.2, -0.15) is 0 Å². The van der Waals surface area contributed by atoms with Crippen molar-refractivity contribution in [3.05, 3.63) is 71.8 Å². The molecule has 0 saturated carbocycles. The molecule has 3 aromatic rings. The molecular formula is C42H58N2O12Si. The summed E-state index contributed by atoms with van der Waals surface area (Å²) in [6, 6.07) is 14.8. The van der Waals surface area contributed by atoms with Crippen molar-refractivity contribution >= 4 is 32.4 Å². The average Bonchev–Trinajstić information content (AvgIpc) is 3.08. The Hall–Kier alpha value is -5.44. The first kappa shape index (κ1) is 45.9. The lowest BCUT2D eigenvalue weighted by Crippen LogP contribution is -2.45. The largest absolute Gasteiger partial charge is 0.543 e. The number of hydrogen-bond donors (Lipinski definition) is 3. The van der Waals surface area contributed by atoms with Gasteiger partial charge in [-0.1, -0.05) is 45.0 Å². The lowest BCUT2D eigenvalue weighted by atomic mass is 10.1. The molecule has 0 spiro atoms. The Morgan fingerprint density at radius 1 is 0.614 bits per heavy atom. The summed E-state index contributed by atoms with van der Waals surface area (Å²) in [6.45, 7) is 20.8. The van der Waals surface area contributed by atoms with Crippen molar-refractivity contribution in [2.45, 2.75) is 117 Å². The number of carbonyl (C=O) groups is 4. The Labute approximate surface area is 336 Å². The Kier molecular flexibility index (Phi) is 15.0. The minimum absolute atomic E-state index is 0.0683. The quantitative estimate of drug-likeness (QED) is 0.0804. The van der Waals surface area contributed by atoms with Crippen molar-refractivity contribution in [2.24, 2.45) is 0 Å². The summed E-state index contributed by atoms with van der Waals surface area (Å²) in [5, 5.41) is 16.4. The van der Waals surface area contributed by atoms with E-state index in [2.05, 4.69) is 44.5 Å². The molecule has 0 saturated heterocycles. The fourth-order valence-electron chi connectivity index (χ4n) is 4.90. The minimum atomic E-state index is -2.36. The molecule has 0 fully saturated rings. The van der Waals surface area contributed by atoms with Crippen molar-refractivity contribution in [1.82, 2.24) is 10.6 Å². The molecule has 15 heteroatoms. The van der Waals surface area contributed by atoms with Crippen LogP contribution in [0.3, 0.4) is 0 Å². The van der Waals surface area contributed by atoms with Crippen LogP contribution in [-0.2, 0) is 41.4 Å². The number of benzene rings is 3. The summed E-state index contributed by atoms with van der Waals surface area (Å²) in [7, 11) is 0.115. The summed E-state index contributed by atoms with van der Waals surface area (Å²) in [4.78, 5) is 49.8. The van der Waals surface area contributed by atoms with Crippen LogP contribution in [0.4, 0.5) is 9.59 Å². The van der Waals surface area contributed by atoms with Gasteiger partial charge in [0.15, 0.2) is 11.5 Å². The number of phenols is 1. The molecule has 0 bridgehead atoms. The second kappa shape index (κ2) is 18.7. The highest BCUT2D eigenvalue weighted by molar-refractivity contribution is 6.74. The molecule has 3 aromatic carbocycles. The van der Waals surface area contributed by atoms with Crippen molar-refractivity contribution < 1.29 is 57.1 Å². The van der Waals surface area contributed by atoms with Crippen LogP contribution in [0, 0.1) is 0 Å². The van der Waals surface area contributed by atoms with Crippen LogP contribution < -0.4 is 24.5 Å². The number of carbonyl (C=O) groups excluding carboxylic acids is 4. The number of alkyl carbamates (subject to hydrolysis) is 2. The predicted molar refractivity (Wildman–Crippen MR) is 217 cm³/mol. The molecule has 0 aliphatic heterocycles. The van der Waals surface area contributed by atoms with E-state index in [-0.39, 0.29) is 35.1 Å². The molecule has 3 N–H and O–H groups in total. The Morgan fingerprint density at radius 3 is 1.26 bits per heavy atom. The van der Waals surface area contributed by atoms with Gasteiger partial charge in [-0.15, -0.1) is 0 Å². The lowest BCUT2D eigenvalue weighted by Gasteiger charge is -2.36. The van der Waals surface area contributed by atoms with Gasteiger partial charge >= 0.3 is 24.1 Å². The molecule has 14 nitrogen and oxygen atoms in total. The van der Waals surface area contributed by atoms with Gasteiger partial charge in [0, 0.05) is 25.0 Å². The fourth-order valence-corrected chi connectivity index (χ4v) is 5.92. The van der Waals surface area contributed by atoms with Gasteiger partial charge < -0.3 is 48.6 Å². The molecule has 2 amide bonds. The van der Waals surface area contributed by atoms with Gasteiger partial charge in [0.1, 0.15) is 40.5 Å². The highest BCUT2D eigenvalue weighted by atomic mass is 28.4. The van der Waals surface area contributed by atoms with E-state index in [9.17, 15) is 24.3 Å². The maximum absolute atomic E-state index is 12.5. The molecular weight excluding hydrogens is 753 g/mol. The van der Waals surface area contributed by atoms with E-state index in [0.29, 0.717) is 28.4 Å². The third kappa shape index (κ3) is 14.5. The molecule has 0 aliphatic rings. The molecule has 0 radical (unpaired) electrons. The van der Waals surface area contributed by atoms with Crippen LogP contribution >= 0.6 is 0 Å². The third-order valence-corrected chi connectivity index (χ3v) is 13.1. The van der Waals surface area contributed by atoms with Crippen LogP contribution in [0.25, 0.3) is 0 Å². The normalized spacial score (nSPS) is 13.0. The first-order valence-corrected chi connectivity index (χ1v) is 21.4. The Balaban J connectivity index is 1.88. The summed E-state index contributed by atoms with van der Waals surface area (Å²) >= 11 is 0. The standard InChI is InChI=1S/C42H58N2O12Si/c1-40(2,3)54-38(48)43-31(36(46)50-10)22-26-14-18-28(19-15-26)52-33-24-30(56-57(12,13)42(7,8)9)25-34(35(33)45)53-29-20-16-27(17-21-29)23-32(37(47)51-11)44-39(49)55-41(4,5)6/h14-21,24-25,31-32,45H,22-23H2,1-13H3,(H,43,48)(H,44,49)/t31-,32-/m0/s1. The average molecular weight is 811 g/mol. The number of methoxy groups -OCH3 is 2. The lowest BCUT2D eigenvalue weighted by molar-refractivity contribution is -0.143. The van der Waals surface area contributed by atoms with Crippen molar-refractivity contribution in [3.63, 3.8) is 0 Å². The van der Waals surface area contributed by atoms with E-state index in [4.69, 9.17) is 32.8 Å². The monoisotopic (exact) mass is 810 g/mol. The Morgan fingerprint density at radius 2 is 0.965 bits per heavy atom. The molecule has 312 valence electrons. The number of hydrogen-bond acceptors (Lipinski definition) is 12. The molecule has 0 aliphatic carbocycles. The summed E-state index contributed by atoms with van der Waals surface area (Å²) in [5.41, 5.74) is -0.116. The van der Waals surface area contributed by atoms with Gasteiger partial charge in [-0.05, 0) is 95.1 Å². The molecule has 3 rings (SSSR count). The highest BCUT2D eigenvalue weighted by Crippen LogP contribution is 2.46. The fraction of sp³-hybridized carbons (Fsp3) is 0.476. The van der Waals surface area contributed by atoms with Crippen LogP contribution in [0.2, 0.25) is 18.1 Å². The molecule has 0 heterocycles. The molecule has 0 unspecified atom stereocenters. The number of amides is 2. The molecule has 57 heavy (non-hydrogen) atoms. The van der Waals surface area contributed by atoms with Crippen molar-refractivity contribution in [1.29, 1.82) is 0 Å². The number of esters is 2. The maximum Gasteiger partial charge on any atom is 0.408 e. The summed E-state index contributed by atoms with van der Waals surface area (Å²) < 4.78 is 39.3. The van der Waals surface area contributed by atoms with Gasteiger partial charge in [0.05, 0.1) is 14.2 Å². The first-order valence-electron chi connectivity index (χ1n) is 18.5. The van der Waals surface area contributed by atoms with Gasteiger partial charge in [0.25, 0.3) is 0 Å². The smallest absolute Gasteiger partial charge is 0.408 e. The topological polar surface area (TPSA) is 177 Å². The minimum Gasteiger partial charge on any atom is -0.543 e. The zero-order chi connectivity index (χ0) is 42.9. The number of aromatic hydroxyl groups is 1. The zero-order valence-corrected chi connectivity index (χ0v) is 36.3. The summed E-state index contributed by atoms with van der Waals surface area (Å²) in [6.07, 6.45) is -1.26. The van der Waals surface area contributed by atoms with Crippen molar-refractivity contribution in [2.75, 3.05) is 14.2 Å². The van der Waals surface area contributed by atoms with Gasteiger partial charge in [-0.25, -0.2) is 19.2 Å². The molecule has 0 aromatic heterocycles. The van der Waals surface area contributed by atoms with Gasteiger partial charge in [-0.3, -0.25) is 0 Å². The van der Waals surface area contributed by atoms with Crippen molar-refractivity contribution in [3.8, 4) is 34.5 Å². The van der Waals surface area contributed by atoms with E-state index < -0.39 is 55.7 Å². The van der Waals surface area contributed by atoms with Crippen LogP contribution in [0.5, 0.6) is 34.5 Å². The third-order valence-electron chi connectivity index (χ3n) is 8.73.